The largest absolute Gasteiger partial charge is 0.462 e. The lowest BCUT2D eigenvalue weighted by Crippen LogP contribution is -2.30. The molecular weight excluding hydrogens is 841 g/mol. The summed E-state index contributed by atoms with van der Waals surface area (Å²) >= 11 is 0. The Labute approximate surface area is 418 Å². The lowest BCUT2D eigenvalue weighted by molar-refractivity contribution is -0.167. The quantitative estimate of drug-likeness (QED) is 0.0262. The monoisotopic (exact) mass is 941 g/mol. The summed E-state index contributed by atoms with van der Waals surface area (Å²) in [5.74, 6) is -1.05. The van der Waals surface area contributed by atoms with Crippen molar-refractivity contribution in [2.45, 2.75) is 239 Å². The zero-order valence-electron chi connectivity index (χ0n) is 43.8. The van der Waals surface area contributed by atoms with Gasteiger partial charge in [-0.1, -0.05) is 213 Å². The number of allylic oxidation sites excluding steroid dienone is 20. The highest BCUT2D eigenvalue weighted by molar-refractivity contribution is 5.71. The average Bonchev–Trinajstić information content (AvgIpc) is 3.34. The van der Waals surface area contributed by atoms with Gasteiger partial charge in [0.25, 0.3) is 0 Å². The van der Waals surface area contributed by atoms with E-state index in [9.17, 15) is 14.4 Å². The minimum atomic E-state index is -0.836. The van der Waals surface area contributed by atoms with E-state index in [2.05, 4.69) is 142 Å². The van der Waals surface area contributed by atoms with E-state index in [1.807, 2.05) is 0 Å². The standard InChI is InChI=1S/C62H100O6/c1-4-7-10-13-16-19-22-25-28-31-34-37-40-43-46-49-52-55-61(64)67-58-59(57-66-60(63)54-51-48-45-42-39-36-33-30-27-24-21-18-15-12-9-6-3)68-62(65)56-53-50-47-44-41-38-35-32-29-26-23-20-17-14-11-8-5-2/h7,10,16-17,19-20,25-26,28-30,33-35,37-38,43-44,46-47,59H,4-6,8-9,11-15,18,21-24,27,31-32,36,39-42,45,48-58H2,1-3H3/b10-7-,19-16-,20-17-,28-25-,29-26-,33-30-,37-34-,38-35-,46-43-,47-44-/t59-/m1/s1. The first kappa shape index (κ1) is 63.8. The lowest BCUT2D eigenvalue weighted by Gasteiger charge is -2.18. The molecule has 384 valence electrons. The maximum absolute atomic E-state index is 12.8. The molecule has 0 fully saturated rings. The van der Waals surface area contributed by atoms with Gasteiger partial charge in [-0.2, -0.15) is 0 Å². The molecule has 0 radical (unpaired) electrons. The molecule has 6 heteroatoms. The Morgan fingerprint density at radius 1 is 0.309 bits per heavy atom. The van der Waals surface area contributed by atoms with Crippen molar-refractivity contribution < 1.29 is 28.6 Å². The third kappa shape index (κ3) is 52.8. The molecule has 0 aromatic rings. The predicted molar refractivity (Wildman–Crippen MR) is 293 cm³/mol. The van der Waals surface area contributed by atoms with Crippen LogP contribution >= 0.6 is 0 Å². The van der Waals surface area contributed by atoms with Crippen molar-refractivity contribution in [1.29, 1.82) is 0 Å². The van der Waals surface area contributed by atoms with Crippen LogP contribution in [-0.4, -0.2) is 37.2 Å². The van der Waals surface area contributed by atoms with Gasteiger partial charge in [-0.15, -0.1) is 0 Å². The zero-order chi connectivity index (χ0) is 49.3. The second-order valence-electron chi connectivity index (χ2n) is 17.7. The van der Waals surface area contributed by atoms with E-state index in [1.54, 1.807) is 0 Å². The van der Waals surface area contributed by atoms with Crippen LogP contribution in [0.5, 0.6) is 0 Å². The van der Waals surface area contributed by atoms with E-state index in [1.165, 1.54) is 83.5 Å². The van der Waals surface area contributed by atoms with Gasteiger partial charge in [0.1, 0.15) is 13.2 Å². The van der Waals surface area contributed by atoms with E-state index in [-0.39, 0.29) is 44.0 Å². The Hall–Kier alpha value is -4.19. The van der Waals surface area contributed by atoms with Crippen molar-refractivity contribution in [2.75, 3.05) is 13.2 Å². The molecule has 0 amide bonds. The second-order valence-corrected chi connectivity index (χ2v) is 17.7. The molecule has 0 saturated carbocycles. The summed E-state index contributed by atoms with van der Waals surface area (Å²) in [5.41, 5.74) is 0. The summed E-state index contributed by atoms with van der Waals surface area (Å²) in [4.78, 5) is 38.1. The van der Waals surface area contributed by atoms with Gasteiger partial charge in [-0.05, 0) is 122 Å². The summed E-state index contributed by atoms with van der Waals surface area (Å²) in [6.45, 7) is 6.38. The van der Waals surface area contributed by atoms with Gasteiger partial charge in [0.05, 0.1) is 0 Å². The molecule has 1 atom stereocenters. The zero-order valence-corrected chi connectivity index (χ0v) is 43.8. The van der Waals surface area contributed by atoms with E-state index in [0.717, 1.165) is 96.3 Å². The summed E-state index contributed by atoms with van der Waals surface area (Å²) in [5, 5.41) is 0. The third-order valence-electron chi connectivity index (χ3n) is 11.2. The van der Waals surface area contributed by atoms with Gasteiger partial charge in [0.2, 0.25) is 0 Å². The summed E-state index contributed by atoms with van der Waals surface area (Å²) < 4.78 is 16.7. The number of carbonyl (C=O) groups excluding carboxylic acids is 3. The second kappa shape index (κ2) is 55.4. The van der Waals surface area contributed by atoms with Gasteiger partial charge in [0, 0.05) is 19.3 Å². The highest BCUT2D eigenvalue weighted by atomic mass is 16.6. The Morgan fingerprint density at radius 2 is 0.588 bits per heavy atom. The maximum Gasteiger partial charge on any atom is 0.306 e. The molecule has 0 unspecified atom stereocenters. The van der Waals surface area contributed by atoms with Gasteiger partial charge in [0.15, 0.2) is 6.10 Å². The molecule has 6 nitrogen and oxygen atoms in total. The fraction of sp³-hybridized carbons (Fsp3) is 0.629. The van der Waals surface area contributed by atoms with Gasteiger partial charge in [-0.3, -0.25) is 14.4 Å². The SMILES string of the molecule is CC/C=C\C/C=C\C/C=C\C/C=C\C/C=C\CCCC(=O)OC[C@@H](COC(=O)CCCCCCC/C=C\CCCCCCCCC)OC(=O)CCC/C=C\C/C=C\C/C=C\C/C=C\CCCCC. The van der Waals surface area contributed by atoms with Crippen LogP contribution in [-0.2, 0) is 28.6 Å². The number of unbranched alkanes of at least 4 members (excludes halogenated alkanes) is 17. The summed E-state index contributed by atoms with van der Waals surface area (Å²) in [7, 11) is 0. The Bertz CT molecular complexity index is 1450. The van der Waals surface area contributed by atoms with Gasteiger partial charge >= 0.3 is 17.9 Å². The highest BCUT2D eigenvalue weighted by Gasteiger charge is 2.19. The fourth-order valence-electron chi connectivity index (χ4n) is 7.05. The first-order chi connectivity index (χ1) is 33.5. The smallest absolute Gasteiger partial charge is 0.306 e. The number of rotatable bonds is 48. The number of hydrogen-bond acceptors (Lipinski definition) is 6. The summed E-state index contributed by atoms with van der Waals surface area (Å²) in [6, 6.07) is 0. The summed E-state index contributed by atoms with van der Waals surface area (Å²) in [6.07, 6.45) is 76.2. The fourth-order valence-corrected chi connectivity index (χ4v) is 7.05. The van der Waals surface area contributed by atoms with Crippen LogP contribution in [0.25, 0.3) is 0 Å². The van der Waals surface area contributed by atoms with Crippen molar-refractivity contribution in [3.63, 3.8) is 0 Å². The first-order valence-corrected chi connectivity index (χ1v) is 27.5. The van der Waals surface area contributed by atoms with Crippen molar-refractivity contribution >= 4 is 17.9 Å². The van der Waals surface area contributed by atoms with Gasteiger partial charge < -0.3 is 14.2 Å². The number of ether oxygens (including phenoxy) is 3. The first-order valence-electron chi connectivity index (χ1n) is 27.5. The molecule has 0 aliphatic rings. The highest BCUT2D eigenvalue weighted by Crippen LogP contribution is 2.12. The van der Waals surface area contributed by atoms with E-state index in [4.69, 9.17) is 14.2 Å². The van der Waals surface area contributed by atoms with E-state index in [0.29, 0.717) is 19.3 Å². The number of esters is 3. The number of carbonyl (C=O) groups is 3. The molecule has 0 rings (SSSR count). The topological polar surface area (TPSA) is 78.9 Å². The molecule has 0 aliphatic heterocycles. The van der Waals surface area contributed by atoms with E-state index < -0.39 is 6.10 Å². The molecule has 0 heterocycles. The Balaban J connectivity index is 4.60. The molecule has 0 spiro atoms. The molecule has 0 N–H and O–H groups in total. The predicted octanol–water partition coefficient (Wildman–Crippen LogP) is 18.5. The number of hydrogen-bond donors (Lipinski definition) is 0. The third-order valence-corrected chi connectivity index (χ3v) is 11.2. The molecule has 0 bridgehead atoms. The maximum atomic E-state index is 12.8. The Morgan fingerprint density at radius 3 is 1.00 bits per heavy atom. The van der Waals surface area contributed by atoms with Crippen molar-refractivity contribution in [3.8, 4) is 0 Å². The molecular formula is C62H100O6. The van der Waals surface area contributed by atoms with E-state index >= 15 is 0 Å². The van der Waals surface area contributed by atoms with Crippen LogP contribution in [0.4, 0.5) is 0 Å². The van der Waals surface area contributed by atoms with Crippen LogP contribution in [0.2, 0.25) is 0 Å². The normalized spacial score (nSPS) is 13.0. The molecule has 0 saturated heterocycles. The van der Waals surface area contributed by atoms with Crippen molar-refractivity contribution in [2.24, 2.45) is 0 Å². The average molecular weight is 941 g/mol. The minimum Gasteiger partial charge on any atom is -0.462 e. The molecule has 0 aliphatic carbocycles. The lowest BCUT2D eigenvalue weighted by atomic mass is 10.1. The van der Waals surface area contributed by atoms with Crippen LogP contribution in [0.15, 0.2) is 122 Å². The van der Waals surface area contributed by atoms with Crippen molar-refractivity contribution in [3.05, 3.63) is 122 Å². The van der Waals surface area contributed by atoms with Crippen molar-refractivity contribution in [1.82, 2.24) is 0 Å². The van der Waals surface area contributed by atoms with Crippen LogP contribution in [0.1, 0.15) is 233 Å². The van der Waals surface area contributed by atoms with Crippen LogP contribution in [0.3, 0.4) is 0 Å². The molecule has 0 aromatic heterocycles. The van der Waals surface area contributed by atoms with Crippen LogP contribution < -0.4 is 0 Å². The minimum absolute atomic E-state index is 0.125. The van der Waals surface area contributed by atoms with Gasteiger partial charge in [-0.25, -0.2) is 0 Å². The molecule has 0 aromatic carbocycles. The Kier molecular flexibility index (Phi) is 52.0. The molecule has 68 heavy (non-hydrogen) atoms. The van der Waals surface area contributed by atoms with Crippen LogP contribution in [0, 0.1) is 0 Å².